The Labute approximate surface area is 125 Å². The van der Waals surface area contributed by atoms with Gasteiger partial charge in [0.1, 0.15) is 0 Å². The first-order valence-corrected chi connectivity index (χ1v) is 7.46. The first-order chi connectivity index (χ1) is 9.93. The number of hydrogen-bond donors (Lipinski definition) is 2. The van der Waals surface area contributed by atoms with Gasteiger partial charge in [-0.1, -0.05) is 13.3 Å². The normalized spacial score (nSPS) is 17.0. The molecule has 0 spiro atoms. The summed E-state index contributed by atoms with van der Waals surface area (Å²) in [7, 11) is 0. The van der Waals surface area contributed by atoms with Crippen LogP contribution in [-0.2, 0) is 9.59 Å². The molecule has 0 aromatic rings. The van der Waals surface area contributed by atoms with Gasteiger partial charge < -0.3 is 20.2 Å². The quantitative estimate of drug-likeness (QED) is 0.789. The van der Waals surface area contributed by atoms with Gasteiger partial charge in [-0.2, -0.15) is 0 Å². The molecule has 2 N–H and O–H groups in total. The summed E-state index contributed by atoms with van der Waals surface area (Å²) in [5.74, 6) is -0.889. The van der Waals surface area contributed by atoms with Crippen molar-refractivity contribution >= 4 is 17.9 Å². The van der Waals surface area contributed by atoms with Crippen molar-refractivity contribution in [2.45, 2.75) is 45.6 Å². The van der Waals surface area contributed by atoms with E-state index in [1.807, 2.05) is 6.92 Å². The van der Waals surface area contributed by atoms with Crippen LogP contribution in [0.1, 0.15) is 39.5 Å². The van der Waals surface area contributed by atoms with E-state index in [1.54, 1.807) is 9.80 Å². The van der Waals surface area contributed by atoms with E-state index in [2.05, 4.69) is 5.32 Å². The molecule has 1 unspecified atom stereocenters. The van der Waals surface area contributed by atoms with Crippen LogP contribution >= 0.6 is 0 Å². The number of aliphatic carboxylic acids is 1. The second-order valence-electron chi connectivity index (χ2n) is 5.38. The molecule has 1 atom stereocenters. The van der Waals surface area contributed by atoms with Crippen molar-refractivity contribution in [2.75, 3.05) is 26.2 Å². The van der Waals surface area contributed by atoms with Crippen LogP contribution in [0.3, 0.4) is 0 Å². The number of carboxylic acid groups (broad SMARTS) is 1. The Hall–Kier alpha value is -1.79. The number of nitrogens with zero attached hydrogens (tertiary/aromatic N) is 2. The number of hydrogen-bond acceptors (Lipinski definition) is 3. The van der Waals surface area contributed by atoms with Crippen molar-refractivity contribution in [3.8, 4) is 0 Å². The minimum Gasteiger partial charge on any atom is -0.481 e. The van der Waals surface area contributed by atoms with Crippen molar-refractivity contribution in [2.24, 2.45) is 0 Å². The van der Waals surface area contributed by atoms with Gasteiger partial charge in [0.2, 0.25) is 5.91 Å². The molecule has 1 aliphatic heterocycles. The highest BCUT2D eigenvalue weighted by molar-refractivity contribution is 5.76. The molecule has 21 heavy (non-hydrogen) atoms. The lowest BCUT2D eigenvalue weighted by Crippen LogP contribution is -2.47. The van der Waals surface area contributed by atoms with Crippen LogP contribution in [-0.4, -0.2) is 65.0 Å². The Kier molecular flexibility index (Phi) is 6.98. The van der Waals surface area contributed by atoms with E-state index in [-0.39, 0.29) is 24.4 Å². The van der Waals surface area contributed by atoms with Crippen LogP contribution in [0.25, 0.3) is 0 Å². The smallest absolute Gasteiger partial charge is 0.317 e. The molecular formula is C14H25N3O4. The summed E-state index contributed by atoms with van der Waals surface area (Å²) < 4.78 is 0. The highest BCUT2D eigenvalue weighted by Gasteiger charge is 2.22. The fraction of sp³-hybridized carbons (Fsp3) is 0.786. The molecule has 0 aromatic heterocycles. The summed E-state index contributed by atoms with van der Waals surface area (Å²) >= 11 is 0. The maximum absolute atomic E-state index is 12.2. The van der Waals surface area contributed by atoms with Crippen LogP contribution in [0.15, 0.2) is 0 Å². The Morgan fingerprint density at radius 3 is 2.33 bits per heavy atom. The predicted molar refractivity (Wildman–Crippen MR) is 77.9 cm³/mol. The molecule has 0 bridgehead atoms. The number of rotatable bonds is 5. The fourth-order valence-electron chi connectivity index (χ4n) is 2.49. The third kappa shape index (κ3) is 6.01. The number of carbonyl (C=O) groups is 3. The van der Waals surface area contributed by atoms with Crippen molar-refractivity contribution in [1.29, 1.82) is 0 Å². The standard InChI is InChI=1S/C14H25N3O4/c1-3-5-12(10-13(19)20)15-14(21)17-7-4-6-16(8-9-17)11(2)18/h12H,3-10H2,1-2H3,(H,15,21)(H,19,20). The summed E-state index contributed by atoms with van der Waals surface area (Å²) in [6.45, 7) is 5.74. The lowest BCUT2D eigenvalue weighted by molar-refractivity contribution is -0.137. The van der Waals surface area contributed by atoms with Gasteiger partial charge in [-0.05, 0) is 12.8 Å². The lowest BCUT2D eigenvalue weighted by atomic mass is 10.1. The summed E-state index contributed by atoms with van der Waals surface area (Å²) in [5.41, 5.74) is 0. The van der Waals surface area contributed by atoms with Crippen LogP contribution in [0, 0.1) is 0 Å². The highest BCUT2D eigenvalue weighted by atomic mass is 16.4. The second kappa shape index (κ2) is 8.49. The molecule has 1 heterocycles. The lowest BCUT2D eigenvalue weighted by Gasteiger charge is -2.25. The van der Waals surface area contributed by atoms with Crippen molar-refractivity contribution in [3.05, 3.63) is 0 Å². The van der Waals surface area contributed by atoms with Crippen LogP contribution in [0.2, 0.25) is 0 Å². The van der Waals surface area contributed by atoms with E-state index in [9.17, 15) is 14.4 Å². The molecule has 0 radical (unpaired) electrons. The molecule has 0 aromatic carbocycles. The molecule has 3 amide bonds. The van der Waals surface area contributed by atoms with Crippen molar-refractivity contribution in [3.63, 3.8) is 0 Å². The number of carbonyl (C=O) groups excluding carboxylic acids is 2. The largest absolute Gasteiger partial charge is 0.481 e. The second-order valence-corrected chi connectivity index (χ2v) is 5.38. The maximum Gasteiger partial charge on any atom is 0.317 e. The molecule has 0 aliphatic carbocycles. The molecule has 1 fully saturated rings. The van der Waals surface area contributed by atoms with Gasteiger partial charge in [0, 0.05) is 39.1 Å². The summed E-state index contributed by atoms with van der Waals surface area (Å²) in [4.78, 5) is 37.8. The molecule has 1 saturated heterocycles. The van der Waals surface area contributed by atoms with Gasteiger partial charge in [0.15, 0.2) is 0 Å². The van der Waals surface area contributed by atoms with Gasteiger partial charge in [-0.3, -0.25) is 9.59 Å². The van der Waals surface area contributed by atoms with Gasteiger partial charge in [0.25, 0.3) is 0 Å². The first kappa shape index (κ1) is 17.3. The van der Waals surface area contributed by atoms with Gasteiger partial charge in [0.05, 0.1) is 6.42 Å². The van der Waals surface area contributed by atoms with Crippen molar-refractivity contribution in [1.82, 2.24) is 15.1 Å². The first-order valence-electron chi connectivity index (χ1n) is 7.46. The minimum absolute atomic E-state index is 0.0204. The molecular weight excluding hydrogens is 274 g/mol. The van der Waals surface area contributed by atoms with Crippen LogP contribution in [0.4, 0.5) is 4.79 Å². The summed E-state index contributed by atoms with van der Waals surface area (Å²) in [5, 5.41) is 11.7. The average molecular weight is 299 g/mol. The molecule has 1 rings (SSSR count). The average Bonchev–Trinajstić information content (AvgIpc) is 2.63. The zero-order valence-corrected chi connectivity index (χ0v) is 12.8. The molecule has 1 aliphatic rings. The van der Waals surface area contributed by atoms with E-state index < -0.39 is 5.97 Å². The fourth-order valence-corrected chi connectivity index (χ4v) is 2.49. The van der Waals surface area contributed by atoms with Crippen LogP contribution in [0.5, 0.6) is 0 Å². The Morgan fingerprint density at radius 2 is 1.76 bits per heavy atom. The van der Waals surface area contributed by atoms with E-state index >= 15 is 0 Å². The zero-order chi connectivity index (χ0) is 15.8. The van der Waals surface area contributed by atoms with E-state index in [1.165, 1.54) is 6.92 Å². The Bertz CT molecular complexity index is 386. The Morgan fingerprint density at radius 1 is 1.14 bits per heavy atom. The number of amides is 3. The highest BCUT2D eigenvalue weighted by Crippen LogP contribution is 2.07. The third-order valence-electron chi connectivity index (χ3n) is 3.61. The number of carboxylic acids is 1. The molecule has 7 nitrogen and oxygen atoms in total. The van der Waals surface area contributed by atoms with E-state index in [0.29, 0.717) is 32.6 Å². The monoisotopic (exact) mass is 299 g/mol. The molecule has 0 saturated carbocycles. The summed E-state index contributed by atoms with van der Waals surface area (Å²) in [6.07, 6.45) is 2.14. The van der Waals surface area contributed by atoms with Crippen LogP contribution < -0.4 is 5.32 Å². The maximum atomic E-state index is 12.2. The SMILES string of the molecule is CCCC(CC(=O)O)NC(=O)N1CCCN(C(C)=O)CC1. The predicted octanol–water partition coefficient (Wildman–Crippen LogP) is 0.894. The molecule has 120 valence electrons. The minimum atomic E-state index is -0.910. The zero-order valence-electron chi connectivity index (χ0n) is 12.8. The van der Waals surface area contributed by atoms with Gasteiger partial charge in [-0.15, -0.1) is 0 Å². The van der Waals surface area contributed by atoms with E-state index in [0.717, 1.165) is 12.8 Å². The van der Waals surface area contributed by atoms with Gasteiger partial charge in [-0.25, -0.2) is 4.79 Å². The molecule has 7 heteroatoms. The van der Waals surface area contributed by atoms with Crippen molar-refractivity contribution < 1.29 is 19.5 Å². The number of urea groups is 1. The van der Waals surface area contributed by atoms with Gasteiger partial charge >= 0.3 is 12.0 Å². The Balaban J connectivity index is 2.53. The topological polar surface area (TPSA) is 89.9 Å². The summed E-state index contributed by atoms with van der Waals surface area (Å²) in [6, 6.07) is -0.577. The van der Waals surface area contributed by atoms with E-state index in [4.69, 9.17) is 5.11 Å². The third-order valence-corrected chi connectivity index (χ3v) is 3.61. The number of nitrogens with one attached hydrogen (secondary N) is 1.